The van der Waals surface area contributed by atoms with Crippen molar-refractivity contribution in [3.05, 3.63) is 56.4 Å². The summed E-state index contributed by atoms with van der Waals surface area (Å²) in [7, 11) is 0. The van der Waals surface area contributed by atoms with Gasteiger partial charge in [-0.05, 0) is 55.5 Å². The van der Waals surface area contributed by atoms with Crippen molar-refractivity contribution in [2.45, 2.75) is 32.2 Å². The van der Waals surface area contributed by atoms with Crippen LogP contribution in [0.25, 0.3) is 0 Å². The topological polar surface area (TPSA) is 64.0 Å². The molecule has 1 aromatic carbocycles. The van der Waals surface area contributed by atoms with Gasteiger partial charge >= 0.3 is 0 Å². The van der Waals surface area contributed by atoms with Crippen LogP contribution in [-0.2, 0) is 24.2 Å². The van der Waals surface area contributed by atoms with Gasteiger partial charge in [0.25, 0.3) is 5.56 Å². The Bertz CT molecular complexity index is 753. The van der Waals surface area contributed by atoms with E-state index in [1.165, 1.54) is 4.68 Å². The van der Waals surface area contributed by atoms with E-state index in [0.717, 1.165) is 41.4 Å². The zero-order valence-corrected chi connectivity index (χ0v) is 13.6. The average Bonchev–Trinajstić information content (AvgIpc) is 2.50. The number of hydrogen-bond donors (Lipinski definition) is 1. The SMILES string of the molecule is O=C(Cn1nc2c(cc1=O)CCCC2)Nc1ccc(Br)cc1. The molecule has 1 aromatic heterocycles. The molecule has 1 aliphatic rings. The summed E-state index contributed by atoms with van der Waals surface area (Å²) in [6.07, 6.45) is 3.97. The number of halogens is 1. The molecule has 0 bridgehead atoms. The molecule has 22 heavy (non-hydrogen) atoms. The van der Waals surface area contributed by atoms with E-state index in [1.807, 2.05) is 12.1 Å². The maximum Gasteiger partial charge on any atom is 0.267 e. The lowest BCUT2D eigenvalue weighted by atomic mass is 9.97. The van der Waals surface area contributed by atoms with Gasteiger partial charge in [-0.15, -0.1) is 0 Å². The maximum atomic E-state index is 12.1. The van der Waals surface area contributed by atoms with Crippen LogP contribution < -0.4 is 10.9 Å². The molecule has 0 unspecified atom stereocenters. The van der Waals surface area contributed by atoms with Gasteiger partial charge in [-0.3, -0.25) is 9.59 Å². The molecule has 0 saturated carbocycles. The quantitative estimate of drug-likeness (QED) is 0.913. The first-order valence-corrected chi connectivity index (χ1v) is 8.06. The zero-order chi connectivity index (χ0) is 15.5. The van der Waals surface area contributed by atoms with Gasteiger partial charge in [-0.2, -0.15) is 5.10 Å². The summed E-state index contributed by atoms with van der Waals surface area (Å²) >= 11 is 3.34. The number of fused-ring (bicyclic) bond motifs is 1. The minimum absolute atomic E-state index is 0.0673. The van der Waals surface area contributed by atoms with Crippen molar-refractivity contribution >= 4 is 27.5 Å². The van der Waals surface area contributed by atoms with Gasteiger partial charge in [0.1, 0.15) is 6.54 Å². The Morgan fingerprint density at radius 1 is 1.23 bits per heavy atom. The van der Waals surface area contributed by atoms with Crippen LogP contribution in [0.15, 0.2) is 39.6 Å². The summed E-state index contributed by atoms with van der Waals surface area (Å²) < 4.78 is 2.19. The molecule has 0 atom stereocenters. The maximum absolute atomic E-state index is 12.1. The molecule has 2 aromatic rings. The van der Waals surface area contributed by atoms with Gasteiger partial charge in [-0.25, -0.2) is 4.68 Å². The van der Waals surface area contributed by atoms with Gasteiger partial charge < -0.3 is 5.32 Å². The minimum Gasteiger partial charge on any atom is -0.324 e. The lowest BCUT2D eigenvalue weighted by molar-refractivity contribution is -0.117. The second kappa shape index (κ2) is 6.44. The number of amides is 1. The highest BCUT2D eigenvalue weighted by molar-refractivity contribution is 9.10. The summed E-state index contributed by atoms with van der Waals surface area (Å²) in [4.78, 5) is 24.1. The van der Waals surface area contributed by atoms with Crippen LogP contribution in [0.2, 0.25) is 0 Å². The molecule has 0 saturated heterocycles. The number of nitrogens with one attached hydrogen (secondary N) is 1. The first-order valence-electron chi connectivity index (χ1n) is 7.27. The smallest absolute Gasteiger partial charge is 0.267 e. The molecule has 1 heterocycles. The molecule has 0 spiro atoms. The Morgan fingerprint density at radius 3 is 2.73 bits per heavy atom. The molecule has 1 amide bonds. The predicted molar refractivity (Wildman–Crippen MR) is 87.9 cm³/mol. The molecule has 114 valence electrons. The normalized spacial score (nSPS) is 13.5. The number of aromatic nitrogens is 2. The van der Waals surface area contributed by atoms with Crippen LogP contribution in [0.3, 0.4) is 0 Å². The first-order chi connectivity index (χ1) is 10.6. The predicted octanol–water partition coefficient (Wildman–Crippen LogP) is 2.52. The number of aryl methyl sites for hydroxylation is 2. The Hall–Kier alpha value is -1.95. The summed E-state index contributed by atoms with van der Waals surface area (Å²) in [5, 5.41) is 7.11. The standard InChI is InChI=1S/C16H16BrN3O2/c17-12-5-7-13(8-6-12)18-15(21)10-20-16(22)9-11-3-1-2-4-14(11)19-20/h5-9H,1-4,10H2,(H,18,21). The monoisotopic (exact) mass is 361 g/mol. The third kappa shape index (κ3) is 3.44. The lowest BCUT2D eigenvalue weighted by Gasteiger charge is -2.15. The van der Waals surface area contributed by atoms with E-state index >= 15 is 0 Å². The molecule has 6 heteroatoms. The van der Waals surface area contributed by atoms with E-state index in [0.29, 0.717) is 5.69 Å². The minimum atomic E-state index is -0.257. The van der Waals surface area contributed by atoms with E-state index < -0.39 is 0 Å². The van der Waals surface area contributed by atoms with E-state index in [1.54, 1.807) is 18.2 Å². The molecule has 0 aliphatic heterocycles. The van der Waals surface area contributed by atoms with Crippen molar-refractivity contribution in [2.75, 3.05) is 5.32 Å². The van der Waals surface area contributed by atoms with Gasteiger partial charge in [0.05, 0.1) is 5.69 Å². The van der Waals surface area contributed by atoms with Crippen molar-refractivity contribution in [1.82, 2.24) is 9.78 Å². The van der Waals surface area contributed by atoms with Crippen LogP contribution in [0.1, 0.15) is 24.1 Å². The van der Waals surface area contributed by atoms with Gasteiger partial charge in [0.2, 0.25) is 5.91 Å². The molecule has 1 aliphatic carbocycles. The highest BCUT2D eigenvalue weighted by atomic mass is 79.9. The Balaban J connectivity index is 1.73. The largest absolute Gasteiger partial charge is 0.324 e. The van der Waals surface area contributed by atoms with E-state index in [-0.39, 0.29) is 18.0 Å². The molecule has 0 fully saturated rings. The number of carbonyl (C=O) groups excluding carboxylic acids is 1. The summed E-state index contributed by atoms with van der Waals surface area (Å²) in [6, 6.07) is 8.91. The molecule has 0 radical (unpaired) electrons. The van der Waals surface area contributed by atoms with Crippen molar-refractivity contribution in [1.29, 1.82) is 0 Å². The van der Waals surface area contributed by atoms with Crippen LogP contribution in [0.5, 0.6) is 0 Å². The third-order valence-corrected chi connectivity index (χ3v) is 4.22. The van der Waals surface area contributed by atoms with Crippen molar-refractivity contribution < 1.29 is 4.79 Å². The van der Waals surface area contributed by atoms with Crippen LogP contribution >= 0.6 is 15.9 Å². The van der Waals surface area contributed by atoms with E-state index in [2.05, 4.69) is 26.3 Å². The number of hydrogen-bond acceptors (Lipinski definition) is 3. The fourth-order valence-corrected chi connectivity index (χ4v) is 2.85. The molecule has 3 rings (SSSR count). The summed E-state index contributed by atoms with van der Waals surface area (Å²) in [6.45, 7) is -0.0673. The fraction of sp³-hybridized carbons (Fsp3) is 0.312. The fourth-order valence-electron chi connectivity index (χ4n) is 2.58. The van der Waals surface area contributed by atoms with Crippen molar-refractivity contribution in [3.63, 3.8) is 0 Å². The lowest BCUT2D eigenvalue weighted by Crippen LogP contribution is -2.31. The number of anilines is 1. The highest BCUT2D eigenvalue weighted by Gasteiger charge is 2.14. The number of nitrogens with zero attached hydrogens (tertiary/aromatic N) is 2. The highest BCUT2D eigenvalue weighted by Crippen LogP contribution is 2.17. The Kier molecular flexibility index (Phi) is 4.38. The van der Waals surface area contributed by atoms with E-state index in [4.69, 9.17) is 0 Å². The van der Waals surface area contributed by atoms with Gasteiger partial charge in [0, 0.05) is 16.2 Å². The van der Waals surface area contributed by atoms with Crippen molar-refractivity contribution in [3.8, 4) is 0 Å². The van der Waals surface area contributed by atoms with Gasteiger partial charge in [0.15, 0.2) is 0 Å². The first kappa shape index (κ1) is 15.0. The van der Waals surface area contributed by atoms with Crippen LogP contribution in [0.4, 0.5) is 5.69 Å². The molecule has 1 N–H and O–H groups in total. The molecular formula is C16H16BrN3O2. The third-order valence-electron chi connectivity index (χ3n) is 3.70. The summed E-state index contributed by atoms with van der Waals surface area (Å²) in [5.74, 6) is -0.257. The van der Waals surface area contributed by atoms with Crippen LogP contribution in [0, 0.1) is 0 Å². The van der Waals surface area contributed by atoms with E-state index in [9.17, 15) is 9.59 Å². The molecular weight excluding hydrogens is 346 g/mol. The number of benzene rings is 1. The second-order valence-electron chi connectivity index (χ2n) is 5.37. The second-order valence-corrected chi connectivity index (χ2v) is 6.29. The number of carbonyl (C=O) groups is 1. The Morgan fingerprint density at radius 2 is 1.95 bits per heavy atom. The van der Waals surface area contributed by atoms with Gasteiger partial charge in [-0.1, -0.05) is 15.9 Å². The Labute approximate surface area is 136 Å². The number of rotatable bonds is 3. The van der Waals surface area contributed by atoms with Crippen molar-refractivity contribution in [2.24, 2.45) is 0 Å². The van der Waals surface area contributed by atoms with Crippen LogP contribution in [-0.4, -0.2) is 15.7 Å². The average molecular weight is 362 g/mol. The molecule has 5 nitrogen and oxygen atoms in total. The summed E-state index contributed by atoms with van der Waals surface area (Å²) in [5.41, 5.74) is 2.45. The zero-order valence-electron chi connectivity index (χ0n) is 12.0.